The van der Waals surface area contributed by atoms with E-state index in [9.17, 15) is 8.42 Å². The average molecular weight is 282 g/mol. The van der Waals surface area contributed by atoms with Gasteiger partial charge in [-0.2, -0.15) is 0 Å². The lowest BCUT2D eigenvalue weighted by atomic mass is 10.4. The number of rotatable bonds is 6. The summed E-state index contributed by atoms with van der Waals surface area (Å²) < 4.78 is 33.8. The zero-order valence-electron chi connectivity index (χ0n) is 10.4. The minimum absolute atomic E-state index is 0.152. The summed E-state index contributed by atoms with van der Waals surface area (Å²) in [7, 11) is -3.33. The first-order chi connectivity index (χ1) is 9.09. The van der Waals surface area contributed by atoms with Crippen LogP contribution in [-0.4, -0.2) is 25.2 Å². The maximum atomic E-state index is 12.0. The van der Waals surface area contributed by atoms with Gasteiger partial charge in [0.15, 0.2) is 9.84 Å². The van der Waals surface area contributed by atoms with E-state index >= 15 is 0 Å². The Morgan fingerprint density at radius 3 is 2.68 bits per heavy atom. The summed E-state index contributed by atoms with van der Waals surface area (Å²) in [5, 5.41) is 3.59. The molecule has 2 heterocycles. The second-order valence-electron chi connectivity index (χ2n) is 3.92. The first-order valence-corrected chi connectivity index (χ1v) is 7.59. The van der Waals surface area contributed by atoms with Gasteiger partial charge in [0.25, 0.3) is 0 Å². The summed E-state index contributed by atoms with van der Waals surface area (Å²) in [6.07, 6.45) is 1.35. The molecule has 0 aliphatic carbocycles. The normalized spacial score (nSPS) is 11.4. The Labute approximate surface area is 111 Å². The minimum Gasteiger partial charge on any atom is -0.478 e. The van der Waals surface area contributed by atoms with Gasteiger partial charge in [-0.1, -0.05) is 11.2 Å². The third kappa shape index (κ3) is 4.06. The van der Waals surface area contributed by atoms with Crippen molar-refractivity contribution in [3.63, 3.8) is 0 Å². The minimum atomic E-state index is -3.33. The van der Waals surface area contributed by atoms with Crippen LogP contribution < -0.4 is 4.74 Å². The molecule has 102 valence electrons. The average Bonchev–Trinajstić information content (AvgIpc) is 2.81. The predicted octanol–water partition coefficient (Wildman–Crippen LogP) is 1.58. The van der Waals surface area contributed by atoms with Crippen LogP contribution in [0, 0.1) is 0 Å². The van der Waals surface area contributed by atoms with Gasteiger partial charge >= 0.3 is 0 Å². The van der Waals surface area contributed by atoms with E-state index in [1.54, 1.807) is 18.2 Å². The Hall–Kier alpha value is -1.89. The monoisotopic (exact) mass is 282 g/mol. The van der Waals surface area contributed by atoms with Crippen molar-refractivity contribution in [2.24, 2.45) is 0 Å². The highest BCUT2D eigenvalue weighted by Gasteiger charge is 2.16. The lowest BCUT2D eigenvalue weighted by Gasteiger charge is -2.05. The van der Waals surface area contributed by atoms with Crippen molar-refractivity contribution in [2.45, 2.75) is 18.4 Å². The molecule has 7 heteroatoms. The van der Waals surface area contributed by atoms with E-state index in [1.807, 2.05) is 6.92 Å². The summed E-state index contributed by atoms with van der Waals surface area (Å²) >= 11 is 0. The molecule has 2 aromatic heterocycles. The van der Waals surface area contributed by atoms with Crippen molar-refractivity contribution in [3.05, 3.63) is 41.9 Å². The van der Waals surface area contributed by atoms with E-state index in [-0.39, 0.29) is 11.5 Å². The molecule has 19 heavy (non-hydrogen) atoms. The van der Waals surface area contributed by atoms with Crippen molar-refractivity contribution in [3.8, 4) is 5.88 Å². The van der Waals surface area contributed by atoms with Crippen LogP contribution in [0.15, 0.2) is 35.1 Å². The number of nitrogens with zero attached hydrogens (tertiary/aromatic N) is 2. The molecule has 2 aromatic rings. The summed E-state index contributed by atoms with van der Waals surface area (Å²) in [5.74, 6) is 0.113. The fourth-order valence-electron chi connectivity index (χ4n) is 1.58. The van der Waals surface area contributed by atoms with E-state index < -0.39 is 9.84 Å². The Morgan fingerprint density at radius 1 is 1.21 bits per heavy atom. The number of sulfone groups is 1. The zero-order chi connectivity index (χ0) is 13.7. The molecule has 0 saturated carbocycles. The molecule has 2 rings (SSSR count). The van der Waals surface area contributed by atoms with Gasteiger partial charge in [-0.3, -0.25) is 0 Å². The number of aromatic nitrogens is 2. The molecule has 0 saturated heterocycles. The molecule has 0 fully saturated rings. The predicted molar refractivity (Wildman–Crippen MR) is 68.2 cm³/mol. The highest BCUT2D eigenvalue weighted by atomic mass is 32.2. The fourth-order valence-corrected chi connectivity index (χ4v) is 2.89. The topological polar surface area (TPSA) is 82.3 Å². The van der Waals surface area contributed by atoms with Crippen LogP contribution in [0.5, 0.6) is 5.88 Å². The van der Waals surface area contributed by atoms with Crippen LogP contribution in [0.2, 0.25) is 0 Å². The molecule has 0 amide bonds. The lowest BCUT2D eigenvalue weighted by molar-refractivity contribution is 0.326. The molecular weight excluding hydrogens is 268 g/mol. The Balaban J connectivity index is 2.09. The van der Waals surface area contributed by atoms with E-state index in [0.29, 0.717) is 23.9 Å². The van der Waals surface area contributed by atoms with Crippen LogP contribution in [0.25, 0.3) is 0 Å². The fraction of sp³-hybridized carbons (Fsp3) is 0.333. The van der Waals surface area contributed by atoms with E-state index in [4.69, 9.17) is 4.74 Å². The molecule has 0 bridgehead atoms. The van der Waals surface area contributed by atoms with Gasteiger partial charge < -0.3 is 9.26 Å². The number of pyridine rings is 1. The molecule has 0 N–H and O–H groups in total. The van der Waals surface area contributed by atoms with Gasteiger partial charge in [-0.15, -0.1) is 0 Å². The standard InChI is InChI=1S/C12H14N2O4S/c1-2-17-12-5-3-4-10(13-12)8-19(15,16)9-11-6-7-18-14-11/h3-7H,2,8-9H2,1H3. The summed E-state index contributed by atoms with van der Waals surface area (Å²) in [6.45, 7) is 2.33. The van der Waals surface area contributed by atoms with Gasteiger partial charge in [-0.05, 0) is 13.0 Å². The smallest absolute Gasteiger partial charge is 0.213 e. The second-order valence-corrected chi connectivity index (χ2v) is 5.99. The molecule has 0 radical (unpaired) electrons. The van der Waals surface area contributed by atoms with Gasteiger partial charge in [0.1, 0.15) is 6.26 Å². The highest BCUT2D eigenvalue weighted by molar-refractivity contribution is 7.89. The van der Waals surface area contributed by atoms with Crippen molar-refractivity contribution in [1.82, 2.24) is 10.1 Å². The second kappa shape index (κ2) is 5.83. The first-order valence-electron chi connectivity index (χ1n) is 5.77. The van der Waals surface area contributed by atoms with Gasteiger partial charge in [-0.25, -0.2) is 13.4 Å². The van der Waals surface area contributed by atoms with Crippen LogP contribution >= 0.6 is 0 Å². The number of hydrogen-bond donors (Lipinski definition) is 0. The molecule has 0 aliphatic rings. The van der Waals surface area contributed by atoms with Gasteiger partial charge in [0.05, 0.1) is 29.5 Å². The Morgan fingerprint density at radius 2 is 2.00 bits per heavy atom. The van der Waals surface area contributed by atoms with Crippen LogP contribution in [-0.2, 0) is 21.3 Å². The largest absolute Gasteiger partial charge is 0.478 e. The maximum Gasteiger partial charge on any atom is 0.213 e. The van der Waals surface area contributed by atoms with Gasteiger partial charge in [0.2, 0.25) is 5.88 Å². The highest BCUT2D eigenvalue weighted by Crippen LogP contribution is 2.13. The maximum absolute atomic E-state index is 12.0. The van der Waals surface area contributed by atoms with Crippen LogP contribution in [0.4, 0.5) is 0 Å². The molecular formula is C12H14N2O4S. The SMILES string of the molecule is CCOc1cccc(CS(=O)(=O)Cc2ccon2)n1. The third-order valence-corrected chi connectivity index (χ3v) is 3.77. The number of ether oxygens (including phenoxy) is 1. The molecule has 6 nitrogen and oxygen atoms in total. The van der Waals surface area contributed by atoms with Crippen LogP contribution in [0.3, 0.4) is 0 Å². The van der Waals surface area contributed by atoms with Crippen molar-refractivity contribution in [1.29, 1.82) is 0 Å². The summed E-state index contributed by atoms with van der Waals surface area (Å²) in [4.78, 5) is 4.13. The van der Waals surface area contributed by atoms with E-state index in [1.165, 1.54) is 12.3 Å². The first kappa shape index (κ1) is 13.5. The third-order valence-electron chi connectivity index (χ3n) is 2.30. The summed E-state index contributed by atoms with van der Waals surface area (Å²) in [5.41, 5.74) is 0.843. The molecule has 0 atom stereocenters. The van der Waals surface area contributed by atoms with E-state index in [2.05, 4.69) is 14.7 Å². The quantitative estimate of drug-likeness (QED) is 0.800. The molecule has 0 spiro atoms. The van der Waals surface area contributed by atoms with Crippen molar-refractivity contribution >= 4 is 9.84 Å². The van der Waals surface area contributed by atoms with Crippen LogP contribution in [0.1, 0.15) is 18.3 Å². The Bertz CT molecular complexity index is 623. The molecule has 0 aromatic carbocycles. The van der Waals surface area contributed by atoms with Crippen molar-refractivity contribution < 1.29 is 17.7 Å². The molecule has 0 unspecified atom stereocenters. The zero-order valence-corrected chi connectivity index (χ0v) is 11.3. The lowest BCUT2D eigenvalue weighted by Crippen LogP contribution is -2.09. The van der Waals surface area contributed by atoms with Gasteiger partial charge in [0, 0.05) is 12.1 Å². The number of hydrogen-bond acceptors (Lipinski definition) is 6. The molecule has 0 aliphatic heterocycles. The van der Waals surface area contributed by atoms with Crippen molar-refractivity contribution in [2.75, 3.05) is 6.61 Å². The summed E-state index contributed by atoms with van der Waals surface area (Å²) in [6, 6.07) is 6.60. The Kier molecular flexibility index (Phi) is 4.16. The van der Waals surface area contributed by atoms with E-state index in [0.717, 1.165) is 0 Å².